The summed E-state index contributed by atoms with van der Waals surface area (Å²) in [5, 5.41) is 13.2. The van der Waals surface area contributed by atoms with Crippen LogP contribution in [0.4, 0.5) is 5.95 Å². The zero-order chi connectivity index (χ0) is 13.0. The molecule has 1 aromatic carbocycles. The Kier molecular flexibility index (Phi) is 4.12. The molecule has 0 bridgehead atoms. The number of rotatable bonds is 4. The molecule has 2 rings (SSSR count). The van der Waals surface area contributed by atoms with E-state index in [0.29, 0.717) is 11.0 Å². The van der Waals surface area contributed by atoms with Crippen molar-refractivity contribution in [3.05, 3.63) is 52.8 Å². The van der Waals surface area contributed by atoms with Crippen LogP contribution in [-0.2, 0) is 0 Å². The fourth-order valence-corrected chi connectivity index (χ4v) is 1.68. The molecule has 1 aromatic heterocycles. The van der Waals surface area contributed by atoms with E-state index in [1.54, 1.807) is 24.5 Å². The molecule has 0 saturated heterocycles. The Balaban J connectivity index is 2.14. The van der Waals surface area contributed by atoms with Gasteiger partial charge in [0.15, 0.2) is 0 Å². The van der Waals surface area contributed by atoms with E-state index >= 15 is 0 Å². The molecule has 1 atom stereocenters. The molecule has 2 aromatic rings. The van der Waals surface area contributed by atoms with Crippen LogP contribution in [0.5, 0.6) is 0 Å². The van der Waals surface area contributed by atoms with Crippen LogP contribution in [0.25, 0.3) is 0 Å². The van der Waals surface area contributed by atoms with Gasteiger partial charge in [0.1, 0.15) is 0 Å². The zero-order valence-corrected chi connectivity index (χ0v) is 10.7. The number of nitrogens with one attached hydrogen (secondary N) is 1. The van der Waals surface area contributed by atoms with Gasteiger partial charge in [0.05, 0.1) is 12.6 Å². The standard InChI is InChI=1S/C13H14ClN3O/c1-9-6-15-13(16-7-9)17-12(8-18)10-2-4-11(14)5-3-10/h2-7,12,18H,8H2,1H3,(H,15,16,17). The first kappa shape index (κ1) is 12.8. The van der Waals surface area contributed by atoms with Crippen molar-refractivity contribution in [1.82, 2.24) is 9.97 Å². The lowest BCUT2D eigenvalue weighted by Gasteiger charge is -2.16. The second-order valence-electron chi connectivity index (χ2n) is 4.02. The number of benzene rings is 1. The van der Waals surface area contributed by atoms with Crippen LogP contribution in [0.15, 0.2) is 36.7 Å². The number of halogens is 1. The molecule has 18 heavy (non-hydrogen) atoms. The third-order valence-corrected chi connectivity index (χ3v) is 2.79. The largest absolute Gasteiger partial charge is 0.394 e. The fourth-order valence-electron chi connectivity index (χ4n) is 1.55. The van der Waals surface area contributed by atoms with Crippen molar-refractivity contribution in [2.45, 2.75) is 13.0 Å². The molecule has 0 aliphatic carbocycles. The summed E-state index contributed by atoms with van der Waals surface area (Å²) in [7, 11) is 0. The second-order valence-corrected chi connectivity index (χ2v) is 4.45. The number of hydrogen-bond acceptors (Lipinski definition) is 4. The zero-order valence-electron chi connectivity index (χ0n) is 9.97. The van der Waals surface area contributed by atoms with Gasteiger partial charge in [-0.25, -0.2) is 9.97 Å². The lowest BCUT2D eigenvalue weighted by atomic mass is 10.1. The van der Waals surface area contributed by atoms with Crippen molar-refractivity contribution in [2.24, 2.45) is 0 Å². The van der Waals surface area contributed by atoms with Gasteiger partial charge in [0.2, 0.25) is 5.95 Å². The van der Waals surface area contributed by atoms with E-state index in [-0.39, 0.29) is 12.6 Å². The van der Waals surface area contributed by atoms with E-state index < -0.39 is 0 Å². The molecule has 0 radical (unpaired) electrons. The summed E-state index contributed by atoms with van der Waals surface area (Å²) in [6, 6.07) is 7.06. The van der Waals surface area contributed by atoms with Gasteiger partial charge >= 0.3 is 0 Å². The Morgan fingerprint density at radius 1 is 1.22 bits per heavy atom. The molecule has 0 saturated carbocycles. The summed E-state index contributed by atoms with van der Waals surface area (Å²) >= 11 is 5.83. The van der Waals surface area contributed by atoms with E-state index in [1.165, 1.54) is 0 Å². The molecule has 5 heteroatoms. The minimum Gasteiger partial charge on any atom is -0.394 e. The Hall–Kier alpha value is -1.65. The number of anilines is 1. The molecular formula is C13H14ClN3O. The molecule has 1 heterocycles. The van der Waals surface area contributed by atoms with Crippen molar-refractivity contribution in [1.29, 1.82) is 0 Å². The fraction of sp³-hybridized carbons (Fsp3) is 0.231. The molecule has 0 amide bonds. The average Bonchev–Trinajstić information content (AvgIpc) is 2.39. The Bertz CT molecular complexity index is 499. The van der Waals surface area contributed by atoms with Gasteiger partial charge in [0, 0.05) is 17.4 Å². The Labute approximate surface area is 111 Å². The molecule has 0 aliphatic rings. The summed E-state index contributed by atoms with van der Waals surface area (Å²) in [6.45, 7) is 1.88. The first-order valence-electron chi connectivity index (χ1n) is 5.60. The molecule has 0 spiro atoms. The maximum absolute atomic E-state index is 9.41. The topological polar surface area (TPSA) is 58.0 Å². The van der Waals surface area contributed by atoms with Crippen LogP contribution in [0, 0.1) is 6.92 Å². The maximum Gasteiger partial charge on any atom is 0.223 e. The maximum atomic E-state index is 9.41. The minimum atomic E-state index is -0.245. The summed E-state index contributed by atoms with van der Waals surface area (Å²) in [6.07, 6.45) is 3.46. The van der Waals surface area contributed by atoms with E-state index in [9.17, 15) is 5.11 Å². The molecule has 0 aliphatic heterocycles. The molecule has 1 unspecified atom stereocenters. The predicted octanol–water partition coefficient (Wildman–Crippen LogP) is 2.58. The van der Waals surface area contributed by atoms with E-state index in [2.05, 4.69) is 15.3 Å². The summed E-state index contributed by atoms with van der Waals surface area (Å²) in [5.41, 5.74) is 1.93. The summed E-state index contributed by atoms with van der Waals surface area (Å²) < 4.78 is 0. The molecular weight excluding hydrogens is 250 g/mol. The van der Waals surface area contributed by atoms with Gasteiger partial charge in [-0.15, -0.1) is 0 Å². The normalized spacial score (nSPS) is 12.2. The third-order valence-electron chi connectivity index (χ3n) is 2.54. The Morgan fingerprint density at radius 2 is 1.83 bits per heavy atom. The van der Waals surface area contributed by atoms with Crippen molar-refractivity contribution < 1.29 is 5.11 Å². The molecule has 4 nitrogen and oxygen atoms in total. The Morgan fingerprint density at radius 3 is 2.39 bits per heavy atom. The highest BCUT2D eigenvalue weighted by Gasteiger charge is 2.11. The van der Waals surface area contributed by atoms with Crippen molar-refractivity contribution in [3.8, 4) is 0 Å². The first-order valence-corrected chi connectivity index (χ1v) is 5.98. The van der Waals surface area contributed by atoms with E-state index in [0.717, 1.165) is 11.1 Å². The highest BCUT2D eigenvalue weighted by atomic mass is 35.5. The molecule has 94 valence electrons. The van der Waals surface area contributed by atoms with E-state index in [4.69, 9.17) is 11.6 Å². The van der Waals surface area contributed by atoms with Gasteiger partial charge in [-0.1, -0.05) is 23.7 Å². The molecule has 0 fully saturated rings. The number of aryl methyl sites for hydroxylation is 1. The molecule has 2 N–H and O–H groups in total. The van der Waals surface area contributed by atoms with Crippen LogP contribution >= 0.6 is 11.6 Å². The highest BCUT2D eigenvalue weighted by molar-refractivity contribution is 6.30. The van der Waals surface area contributed by atoms with Crippen LogP contribution in [0.2, 0.25) is 5.02 Å². The average molecular weight is 264 g/mol. The smallest absolute Gasteiger partial charge is 0.223 e. The third kappa shape index (κ3) is 3.18. The first-order chi connectivity index (χ1) is 8.69. The number of nitrogens with zero attached hydrogens (tertiary/aromatic N) is 2. The van der Waals surface area contributed by atoms with Crippen molar-refractivity contribution in [3.63, 3.8) is 0 Å². The number of aliphatic hydroxyl groups excluding tert-OH is 1. The number of aromatic nitrogens is 2. The number of aliphatic hydroxyl groups is 1. The van der Waals surface area contributed by atoms with Crippen LogP contribution in [0.3, 0.4) is 0 Å². The monoisotopic (exact) mass is 263 g/mol. The van der Waals surface area contributed by atoms with Crippen LogP contribution in [-0.4, -0.2) is 21.7 Å². The second kappa shape index (κ2) is 5.80. The van der Waals surface area contributed by atoms with Gasteiger partial charge in [-0.2, -0.15) is 0 Å². The van der Waals surface area contributed by atoms with Gasteiger partial charge in [-0.3, -0.25) is 0 Å². The van der Waals surface area contributed by atoms with Crippen molar-refractivity contribution in [2.75, 3.05) is 11.9 Å². The van der Waals surface area contributed by atoms with Crippen LogP contribution < -0.4 is 5.32 Å². The number of hydrogen-bond donors (Lipinski definition) is 2. The van der Waals surface area contributed by atoms with Crippen molar-refractivity contribution >= 4 is 17.5 Å². The summed E-state index contributed by atoms with van der Waals surface area (Å²) in [4.78, 5) is 8.30. The quantitative estimate of drug-likeness (QED) is 0.890. The highest BCUT2D eigenvalue weighted by Crippen LogP contribution is 2.19. The lowest BCUT2D eigenvalue weighted by molar-refractivity contribution is 0.276. The summed E-state index contributed by atoms with van der Waals surface area (Å²) in [5.74, 6) is 0.495. The van der Waals surface area contributed by atoms with Crippen LogP contribution in [0.1, 0.15) is 17.2 Å². The minimum absolute atomic E-state index is 0.0428. The van der Waals surface area contributed by atoms with Gasteiger partial charge < -0.3 is 10.4 Å². The van der Waals surface area contributed by atoms with Gasteiger partial charge in [-0.05, 0) is 30.2 Å². The SMILES string of the molecule is Cc1cnc(NC(CO)c2ccc(Cl)cc2)nc1. The van der Waals surface area contributed by atoms with Gasteiger partial charge in [0.25, 0.3) is 0 Å². The predicted molar refractivity (Wildman–Crippen MR) is 71.7 cm³/mol. The lowest BCUT2D eigenvalue weighted by Crippen LogP contribution is -2.16. The van der Waals surface area contributed by atoms with E-state index in [1.807, 2.05) is 19.1 Å².